The summed E-state index contributed by atoms with van der Waals surface area (Å²) < 4.78 is 12.3. The van der Waals surface area contributed by atoms with Crippen LogP contribution in [0.3, 0.4) is 0 Å². The minimum Gasteiger partial charge on any atom is -0.494 e. The van der Waals surface area contributed by atoms with Gasteiger partial charge in [-0.2, -0.15) is 0 Å². The number of esters is 1. The average Bonchev–Trinajstić information content (AvgIpc) is 2.79. The average molecular weight is 375 g/mol. The lowest BCUT2D eigenvalue weighted by atomic mass is 9.58. The van der Waals surface area contributed by atoms with E-state index in [0.29, 0.717) is 17.9 Å². The Morgan fingerprint density at radius 2 is 1.89 bits per heavy atom. The Morgan fingerprint density at radius 3 is 2.44 bits per heavy atom. The highest BCUT2D eigenvalue weighted by Gasteiger charge is 2.54. The number of fused-ring (bicyclic) bond motifs is 1. The fourth-order valence-electron chi connectivity index (χ4n) is 5.32. The van der Waals surface area contributed by atoms with Crippen LogP contribution in [0.1, 0.15) is 92.4 Å². The monoisotopic (exact) mass is 374 g/mol. The van der Waals surface area contributed by atoms with Gasteiger partial charge in [-0.25, -0.2) is 0 Å². The van der Waals surface area contributed by atoms with Crippen molar-refractivity contribution in [3.63, 3.8) is 0 Å². The van der Waals surface area contributed by atoms with Crippen LogP contribution < -0.4 is 0 Å². The van der Waals surface area contributed by atoms with Crippen molar-refractivity contribution < 1.29 is 14.3 Å². The van der Waals surface area contributed by atoms with Crippen molar-refractivity contribution >= 4 is 5.97 Å². The molecular weight excluding hydrogens is 336 g/mol. The molecule has 0 N–H and O–H groups in total. The number of carbonyl (C=O) groups excluding carboxylic acids is 1. The summed E-state index contributed by atoms with van der Waals surface area (Å²) in [5.41, 5.74) is 1.51. The molecule has 0 aliphatic heterocycles. The molecule has 3 aliphatic carbocycles. The summed E-state index contributed by atoms with van der Waals surface area (Å²) in [5.74, 6) is 3.28. The second-order valence-corrected chi connectivity index (χ2v) is 9.62. The summed E-state index contributed by atoms with van der Waals surface area (Å²) in [4.78, 5) is 11.7. The Labute approximate surface area is 165 Å². The van der Waals surface area contributed by atoms with Gasteiger partial charge in [0.25, 0.3) is 0 Å². The third-order valence-electron chi connectivity index (χ3n) is 7.03. The van der Waals surface area contributed by atoms with E-state index >= 15 is 0 Å². The predicted molar refractivity (Wildman–Crippen MR) is 109 cm³/mol. The zero-order chi connectivity index (χ0) is 19.6. The highest BCUT2D eigenvalue weighted by molar-refractivity contribution is 5.67. The number of hydrogen-bond acceptors (Lipinski definition) is 3. The van der Waals surface area contributed by atoms with Crippen LogP contribution in [0.2, 0.25) is 0 Å². The number of rotatable bonds is 7. The van der Waals surface area contributed by atoms with E-state index in [4.69, 9.17) is 9.47 Å². The molecular formula is C24H38O3. The molecule has 152 valence electrons. The highest BCUT2D eigenvalue weighted by Crippen LogP contribution is 2.62. The first kappa shape index (κ1) is 20.5. The number of allylic oxidation sites excluding steroid dienone is 3. The predicted octanol–water partition coefficient (Wildman–Crippen LogP) is 6.54. The largest absolute Gasteiger partial charge is 0.494 e. The zero-order valence-electron chi connectivity index (χ0n) is 18.0. The van der Waals surface area contributed by atoms with Crippen molar-refractivity contribution in [3.05, 3.63) is 23.2 Å². The Morgan fingerprint density at radius 1 is 1.19 bits per heavy atom. The van der Waals surface area contributed by atoms with Crippen LogP contribution in [0.5, 0.6) is 0 Å². The van der Waals surface area contributed by atoms with Gasteiger partial charge in [0.1, 0.15) is 5.76 Å². The van der Waals surface area contributed by atoms with Gasteiger partial charge in [0.05, 0.1) is 11.9 Å². The van der Waals surface area contributed by atoms with E-state index in [0.717, 1.165) is 24.4 Å². The van der Waals surface area contributed by atoms with E-state index in [1.165, 1.54) is 57.4 Å². The van der Waals surface area contributed by atoms with Gasteiger partial charge < -0.3 is 9.47 Å². The molecule has 0 bridgehead atoms. The number of carbonyl (C=O) groups is 1. The molecule has 0 unspecified atom stereocenters. The molecule has 0 spiro atoms. The molecule has 0 aromatic rings. The van der Waals surface area contributed by atoms with Crippen LogP contribution in [0, 0.1) is 23.2 Å². The normalized spacial score (nSPS) is 30.1. The lowest BCUT2D eigenvalue weighted by Crippen LogP contribution is -2.37. The molecule has 0 aromatic heterocycles. The fourth-order valence-corrected chi connectivity index (χ4v) is 5.32. The molecule has 3 aliphatic rings. The second kappa shape index (κ2) is 8.41. The molecule has 0 aromatic carbocycles. The van der Waals surface area contributed by atoms with Crippen LogP contribution in [0.15, 0.2) is 23.2 Å². The minimum absolute atomic E-state index is 0.178. The van der Waals surface area contributed by atoms with Crippen molar-refractivity contribution in [2.24, 2.45) is 23.2 Å². The topological polar surface area (TPSA) is 35.5 Å². The Hall–Kier alpha value is -1.25. The first-order chi connectivity index (χ1) is 12.8. The molecule has 0 amide bonds. The lowest BCUT2D eigenvalue weighted by molar-refractivity contribution is -0.137. The van der Waals surface area contributed by atoms with Gasteiger partial charge in [-0.1, -0.05) is 34.1 Å². The van der Waals surface area contributed by atoms with Crippen LogP contribution in [-0.4, -0.2) is 12.1 Å². The minimum atomic E-state index is -0.194. The van der Waals surface area contributed by atoms with Gasteiger partial charge in [0.2, 0.25) is 0 Å². The van der Waals surface area contributed by atoms with Crippen molar-refractivity contribution in [1.82, 2.24) is 0 Å². The standard InChI is InChI=1S/C24H38O3/c1-16(2)11-12-21(27-20-9-7-6-8-10-20)17(3)23-22(26-18(4)25)15-19-13-14-24(19,23)5/h12,16-17,19-20H,6-11,13-15H2,1-5H3/t17-,19+,24-/m0/s1. The molecule has 0 saturated heterocycles. The maximum atomic E-state index is 11.7. The quantitative estimate of drug-likeness (QED) is 0.375. The molecule has 2 saturated carbocycles. The van der Waals surface area contributed by atoms with E-state index in [1.807, 2.05) is 0 Å². The number of hydrogen-bond donors (Lipinski definition) is 0. The van der Waals surface area contributed by atoms with Gasteiger partial charge in [0, 0.05) is 19.3 Å². The number of ether oxygens (including phenoxy) is 2. The maximum Gasteiger partial charge on any atom is 0.307 e. The van der Waals surface area contributed by atoms with Gasteiger partial charge in [-0.05, 0) is 73.8 Å². The summed E-state index contributed by atoms with van der Waals surface area (Å²) in [6.45, 7) is 10.7. The summed E-state index contributed by atoms with van der Waals surface area (Å²) in [6.07, 6.45) is 13.3. The van der Waals surface area contributed by atoms with Gasteiger partial charge >= 0.3 is 5.97 Å². The van der Waals surface area contributed by atoms with Crippen LogP contribution in [0.4, 0.5) is 0 Å². The van der Waals surface area contributed by atoms with Crippen LogP contribution >= 0.6 is 0 Å². The summed E-state index contributed by atoms with van der Waals surface area (Å²) >= 11 is 0. The fraction of sp³-hybridized carbons (Fsp3) is 0.792. The van der Waals surface area contributed by atoms with E-state index < -0.39 is 0 Å². The van der Waals surface area contributed by atoms with Crippen molar-refractivity contribution in [2.45, 2.75) is 98.5 Å². The molecule has 27 heavy (non-hydrogen) atoms. The first-order valence-electron chi connectivity index (χ1n) is 11.1. The lowest BCUT2D eigenvalue weighted by Gasteiger charge is -2.46. The molecule has 2 fully saturated rings. The second-order valence-electron chi connectivity index (χ2n) is 9.62. The molecule has 3 nitrogen and oxygen atoms in total. The van der Waals surface area contributed by atoms with E-state index in [2.05, 4.69) is 33.8 Å². The van der Waals surface area contributed by atoms with Crippen molar-refractivity contribution in [1.29, 1.82) is 0 Å². The third kappa shape index (κ3) is 4.43. The molecule has 3 atom stereocenters. The highest BCUT2D eigenvalue weighted by atomic mass is 16.5. The smallest absolute Gasteiger partial charge is 0.307 e. The van der Waals surface area contributed by atoms with E-state index in [-0.39, 0.29) is 17.3 Å². The molecule has 3 heteroatoms. The van der Waals surface area contributed by atoms with E-state index in [9.17, 15) is 4.79 Å². The van der Waals surface area contributed by atoms with Crippen LogP contribution in [0.25, 0.3) is 0 Å². The molecule has 0 radical (unpaired) electrons. The van der Waals surface area contributed by atoms with Crippen molar-refractivity contribution in [2.75, 3.05) is 0 Å². The summed E-state index contributed by atoms with van der Waals surface area (Å²) in [5, 5.41) is 0. The first-order valence-corrected chi connectivity index (χ1v) is 11.1. The zero-order valence-corrected chi connectivity index (χ0v) is 18.0. The summed E-state index contributed by atoms with van der Waals surface area (Å²) in [7, 11) is 0. The van der Waals surface area contributed by atoms with Gasteiger partial charge in [-0.3, -0.25) is 4.79 Å². The van der Waals surface area contributed by atoms with Gasteiger partial charge in [0.15, 0.2) is 0 Å². The Bertz CT molecular complexity index is 609. The van der Waals surface area contributed by atoms with E-state index in [1.54, 1.807) is 0 Å². The van der Waals surface area contributed by atoms with Crippen LogP contribution in [-0.2, 0) is 14.3 Å². The van der Waals surface area contributed by atoms with Gasteiger partial charge in [-0.15, -0.1) is 0 Å². The SMILES string of the molecule is CC(=O)OC1=C([C@@H](C)C(=CCC(C)C)OC2CCCCC2)[C@@]2(C)CC[C@@H]2C1. The Balaban J connectivity index is 1.87. The Kier molecular flexibility index (Phi) is 6.38. The molecule has 0 heterocycles. The maximum absolute atomic E-state index is 11.7. The molecule has 3 rings (SSSR count). The summed E-state index contributed by atoms with van der Waals surface area (Å²) in [6, 6.07) is 0. The van der Waals surface area contributed by atoms with Crippen molar-refractivity contribution in [3.8, 4) is 0 Å². The third-order valence-corrected chi connectivity index (χ3v) is 7.03.